The van der Waals surface area contributed by atoms with Crippen molar-refractivity contribution >= 4 is 16.5 Å². The molecule has 1 aromatic heterocycles. The zero-order valence-corrected chi connectivity index (χ0v) is 19.6. The van der Waals surface area contributed by atoms with E-state index in [1.165, 1.54) is 52.7 Å². The molecule has 0 radical (unpaired) electrons. The minimum atomic E-state index is 0.310. The Labute approximate surface area is 195 Å². The van der Waals surface area contributed by atoms with Crippen LogP contribution < -0.4 is 23.7 Å². The van der Waals surface area contributed by atoms with Gasteiger partial charge in [-0.05, 0) is 42.1 Å². The van der Waals surface area contributed by atoms with Crippen molar-refractivity contribution in [2.45, 2.75) is 32.7 Å². The zero-order valence-electron chi connectivity index (χ0n) is 19.6. The van der Waals surface area contributed by atoms with Gasteiger partial charge in [0.25, 0.3) is 0 Å². The molecule has 1 fully saturated rings. The summed E-state index contributed by atoms with van der Waals surface area (Å²) in [5.41, 5.74) is 5.05. The Hall–Kier alpha value is -2.99. The first kappa shape index (κ1) is 20.6. The summed E-state index contributed by atoms with van der Waals surface area (Å²) in [6.45, 7) is 9.03. The van der Waals surface area contributed by atoms with E-state index in [2.05, 4.69) is 57.8 Å². The van der Waals surface area contributed by atoms with Crippen molar-refractivity contribution in [3.8, 4) is 28.5 Å². The van der Waals surface area contributed by atoms with Gasteiger partial charge in [0.15, 0.2) is 24.2 Å². The molecule has 4 heterocycles. The summed E-state index contributed by atoms with van der Waals surface area (Å²) in [4.78, 5) is 5.11. The number of methoxy groups -OCH3 is 1. The predicted octanol–water partition coefficient (Wildman–Crippen LogP) is 4.01. The van der Waals surface area contributed by atoms with Crippen molar-refractivity contribution in [3.05, 3.63) is 42.1 Å². The van der Waals surface area contributed by atoms with Gasteiger partial charge in [-0.3, -0.25) is 4.90 Å². The maximum absolute atomic E-state index is 5.85. The highest BCUT2D eigenvalue weighted by atomic mass is 16.7. The van der Waals surface area contributed by atoms with E-state index in [0.717, 1.165) is 56.4 Å². The Bertz CT molecular complexity index is 1200. The number of pyridine rings is 1. The molecular formula is C27H32N3O3+. The third-order valence-electron chi connectivity index (χ3n) is 7.33. The van der Waals surface area contributed by atoms with E-state index in [4.69, 9.17) is 14.2 Å². The zero-order chi connectivity index (χ0) is 22.4. The van der Waals surface area contributed by atoms with Crippen molar-refractivity contribution < 1.29 is 18.8 Å². The Kier molecular flexibility index (Phi) is 5.25. The number of nitrogens with zero attached hydrogens (tertiary/aromatic N) is 3. The summed E-state index contributed by atoms with van der Waals surface area (Å²) >= 11 is 0. The molecule has 6 rings (SSSR count). The van der Waals surface area contributed by atoms with Crippen molar-refractivity contribution in [1.82, 2.24) is 4.90 Å². The fraction of sp³-hybridized carbons (Fsp3) is 0.444. The number of fused-ring (bicyclic) bond motifs is 5. The molecule has 0 atom stereocenters. The highest BCUT2D eigenvalue weighted by molar-refractivity contribution is 5.98. The average Bonchev–Trinajstić information content (AvgIpc) is 3.32. The van der Waals surface area contributed by atoms with Crippen molar-refractivity contribution in [2.24, 2.45) is 0 Å². The highest BCUT2D eigenvalue weighted by Gasteiger charge is 2.29. The first-order chi connectivity index (χ1) is 16.2. The number of aromatic nitrogens is 1. The van der Waals surface area contributed by atoms with E-state index < -0.39 is 0 Å². The van der Waals surface area contributed by atoms with Crippen LogP contribution in [-0.4, -0.2) is 51.5 Å². The minimum Gasteiger partial charge on any atom is -0.495 e. The molecule has 0 spiro atoms. The summed E-state index contributed by atoms with van der Waals surface area (Å²) in [5, 5.41) is 2.51. The summed E-state index contributed by atoms with van der Waals surface area (Å²) in [6.07, 6.45) is 5.86. The van der Waals surface area contributed by atoms with Crippen molar-refractivity contribution in [3.63, 3.8) is 0 Å². The third kappa shape index (κ3) is 3.57. The monoisotopic (exact) mass is 446 g/mol. The first-order valence-corrected chi connectivity index (χ1v) is 12.2. The molecule has 3 aliphatic rings. The van der Waals surface area contributed by atoms with E-state index in [1.54, 1.807) is 7.11 Å². The third-order valence-corrected chi connectivity index (χ3v) is 7.33. The van der Waals surface area contributed by atoms with E-state index in [9.17, 15) is 0 Å². The Morgan fingerprint density at radius 2 is 1.85 bits per heavy atom. The predicted molar refractivity (Wildman–Crippen MR) is 130 cm³/mol. The number of aryl methyl sites for hydroxylation is 2. The van der Waals surface area contributed by atoms with Crippen molar-refractivity contribution in [2.75, 3.05) is 51.5 Å². The van der Waals surface area contributed by atoms with Crippen molar-refractivity contribution in [1.29, 1.82) is 0 Å². The summed E-state index contributed by atoms with van der Waals surface area (Å²) in [5.74, 6) is 2.68. The van der Waals surface area contributed by atoms with Crippen LogP contribution in [0.4, 0.5) is 5.69 Å². The number of unbranched alkanes of at least 4 members (excludes halogenated alkanes) is 1. The summed E-state index contributed by atoms with van der Waals surface area (Å²) in [6, 6.07) is 11.0. The van der Waals surface area contributed by atoms with Gasteiger partial charge < -0.3 is 19.1 Å². The van der Waals surface area contributed by atoms with Crippen LogP contribution in [0.15, 0.2) is 36.5 Å². The van der Waals surface area contributed by atoms with E-state index in [-0.39, 0.29) is 0 Å². The van der Waals surface area contributed by atoms with Crippen LogP contribution in [0.5, 0.6) is 17.2 Å². The number of hydrogen-bond donors (Lipinski definition) is 0. The topological polar surface area (TPSA) is 38.0 Å². The first-order valence-electron chi connectivity index (χ1n) is 12.2. The number of benzene rings is 2. The number of hydrogen-bond acceptors (Lipinski definition) is 5. The normalized spacial score (nSPS) is 17.2. The number of anilines is 1. The van der Waals surface area contributed by atoms with Gasteiger partial charge in [0.2, 0.25) is 12.5 Å². The van der Waals surface area contributed by atoms with Crippen LogP contribution >= 0.6 is 0 Å². The van der Waals surface area contributed by atoms with E-state index in [0.29, 0.717) is 6.79 Å². The number of piperazine rings is 1. The Balaban J connectivity index is 1.40. The lowest BCUT2D eigenvalue weighted by atomic mass is 9.95. The fourth-order valence-electron chi connectivity index (χ4n) is 5.48. The van der Waals surface area contributed by atoms with E-state index in [1.807, 2.05) is 0 Å². The molecular weight excluding hydrogens is 414 g/mol. The lowest BCUT2D eigenvalue weighted by Gasteiger charge is -2.37. The van der Waals surface area contributed by atoms with Gasteiger partial charge in [-0.2, -0.15) is 4.57 Å². The molecule has 0 saturated carbocycles. The van der Waals surface area contributed by atoms with E-state index >= 15 is 0 Å². The molecule has 33 heavy (non-hydrogen) atoms. The second-order valence-electron chi connectivity index (χ2n) is 9.27. The largest absolute Gasteiger partial charge is 0.495 e. The van der Waals surface area contributed by atoms with Crippen LogP contribution in [0.25, 0.3) is 22.0 Å². The molecule has 2 aromatic carbocycles. The molecule has 0 N–H and O–H groups in total. The van der Waals surface area contributed by atoms with Gasteiger partial charge in [0, 0.05) is 38.7 Å². The van der Waals surface area contributed by atoms with Crippen LogP contribution in [0, 0.1) is 0 Å². The molecule has 0 amide bonds. The van der Waals surface area contributed by atoms with Gasteiger partial charge in [-0.15, -0.1) is 0 Å². The molecule has 6 heteroatoms. The Morgan fingerprint density at radius 1 is 1.03 bits per heavy atom. The smallest absolute Gasteiger partial charge is 0.231 e. The molecule has 172 valence electrons. The van der Waals surface area contributed by atoms with Gasteiger partial charge >= 0.3 is 0 Å². The quantitative estimate of drug-likeness (QED) is 0.554. The van der Waals surface area contributed by atoms with Gasteiger partial charge in [-0.25, -0.2) is 0 Å². The fourth-order valence-corrected chi connectivity index (χ4v) is 5.48. The average molecular weight is 447 g/mol. The Morgan fingerprint density at radius 3 is 2.64 bits per heavy atom. The SMILES string of the molecule is CCCCN1CCN(c2c(OC)ccc3cc4[n+](cc23)CCc2cc3c(cc2-4)OCO3)CC1. The maximum Gasteiger partial charge on any atom is 0.231 e. The second kappa shape index (κ2) is 8.41. The number of ether oxygens (including phenoxy) is 3. The maximum atomic E-state index is 5.85. The molecule has 0 aliphatic carbocycles. The van der Waals surface area contributed by atoms with Crippen LogP contribution in [-0.2, 0) is 13.0 Å². The molecule has 6 nitrogen and oxygen atoms in total. The summed E-state index contributed by atoms with van der Waals surface area (Å²) < 4.78 is 19.5. The van der Waals surface area contributed by atoms with Crippen LogP contribution in [0.2, 0.25) is 0 Å². The molecule has 1 saturated heterocycles. The lowest BCUT2D eigenvalue weighted by Crippen LogP contribution is -2.47. The van der Waals surface area contributed by atoms with Gasteiger partial charge in [-0.1, -0.05) is 19.4 Å². The van der Waals surface area contributed by atoms with Gasteiger partial charge in [0.1, 0.15) is 5.75 Å². The molecule has 0 unspecified atom stereocenters. The molecule has 3 aliphatic heterocycles. The standard InChI is InChI=1S/C27H32N3O3/c1-3-4-8-28-10-12-29(13-11-28)27-22-17-30-9-7-20-15-25-26(33-18-32-25)16-21(20)23(30)14-19(22)5-6-24(27)31-2/h5-6,14-17H,3-4,7-13,18H2,1-2H3/q+1. The van der Waals surface area contributed by atoms with Gasteiger partial charge in [0.05, 0.1) is 23.7 Å². The summed E-state index contributed by atoms with van der Waals surface area (Å²) in [7, 11) is 1.78. The second-order valence-corrected chi connectivity index (χ2v) is 9.27. The highest BCUT2D eigenvalue weighted by Crippen LogP contribution is 2.42. The van der Waals surface area contributed by atoms with Crippen LogP contribution in [0.3, 0.4) is 0 Å². The molecule has 3 aromatic rings. The number of rotatable bonds is 5. The lowest BCUT2D eigenvalue weighted by molar-refractivity contribution is -0.686. The van der Waals surface area contributed by atoms with Crippen LogP contribution in [0.1, 0.15) is 25.3 Å². The minimum absolute atomic E-state index is 0.310. The molecule has 0 bridgehead atoms.